The summed E-state index contributed by atoms with van der Waals surface area (Å²) in [5, 5.41) is 2.27. The number of nitrogens with one attached hydrogen (secondary N) is 1. The van der Waals surface area contributed by atoms with Gasteiger partial charge in [0, 0.05) is 39.6 Å². The zero-order valence-corrected chi connectivity index (χ0v) is 17.3. The van der Waals surface area contributed by atoms with E-state index >= 15 is 0 Å². The van der Waals surface area contributed by atoms with E-state index in [0.29, 0.717) is 5.56 Å². The number of hydrogen-bond acceptors (Lipinski definition) is 4. The number of amides is 3. The highest BCUT2D eigenvalue weighted by molar-refractivity contribution is 6.30. The summed E-state index contributed by atoms with van der Waals surface area (Å²) in [6.07, 6.45) is -4.98. The number of alkyl halides is 2. The molecule has 0 aromatic heterocycles. The number of halogens is 3. The Kier molecular flexibility index (Phi) is 4.86. The van der Waals surface area contributed by atoms with Crippen LogP contribution in [0.15, 0.2) is 42.5 Å². The lowest BCUT2D eigenvalue weighted by atomic mass is 9.97. The van der Waals surface area contributed by atoms with E-state index in [1.54, 1.807) is 0 Å². The highest BCUT2D eigenvalue weighted by atomic mass is 35.5. The number of ketones is 1. The Balaban J connectivity index is 1.53. The van der Waals surface area contributed by atoms with Crippen LogP contribution in [0.3, 0.4) is 0 Å². The number of hydrogen-bond donors (Lipinski definition) is 1. The van der Waals surface area contributed by atoms with Gasteiger partial charge in [-0.2, -0.15) is 8.78 Å². The summed E-state index contributed by atoms with van der Waals surface area (Å²) >= 11 is 5.70. The molecular formula is C23H19ClF2N2O4. The quantitative estimate of drug-likeness (QED) is 0.665. The highest BCUT2D eigenvalue weighted by Gasteiger charge is 2.41. The number of fused-ring (bicyclic) bond motifs is 1. The summed E-state index contributed by atoms with van der Waals surface area (Å²) in [5.74, 6) is -7.52. The van der Waals surface area contributed by atoms with Crippen molar-refractivity contribution in [2.75, 3.05) is 0 Å². The molecule has 3 amide bonds. The van der Waals surface area contributed by atoms with E-state index < -0.39 is 60.2 Å². The summed E-state index contributed by atoms with van der Waals surface area (Å²) in [6.45, 7) is -0.0913. The van der Waals surface area contributed by atoms with Gasteiger partial charge < -0.3 is 4.90 Å². The fourth-order valence-electron chi connectivity index (χ4n) is 3.67. The second-order valence-corrected chi connectivity index (χ2v) is 7.91. The van der Waals surface area contributed by atoms with Crippen molar-refractivity contribution in [1.82, 2.24) is 10.2 Å². The first kappa shape index (κ1) is 18.4. The SMILES string of the molecule is [2H]C1CC(N2Cc3cc(C([2H])([2H])CC(=O)C(F)(F)c4ccc(Cl)cc4)ccc3C2=O)C(=O)NC1=O. The van der Waals surface area contributed by atoms with Crippen molar-refractivity contribution >= 4 is 35.1 Å². The summed E-state index contributed by atoms with van der Waals surface area (Å²) in [6, 6.07) is 7.25. The number of aryl methyl sites for hydroxylation is 1. The van der Waals surface area contributed by atoms with E-state index in [9.17, 15) is 28.0 Å². The van der Waals surface area contributed by atoms with Gasteiger partial charge in [-0.15, -0.1) is 0 Å². The predicted octanol–water partition coefficient (Wildman–Crippen LogP) is 3.39. The standard InChI is InChI=1S/C23H19ClF2N2O4/c24-16-5-3-15(4-6-16)23(25,26)19(29)9-2-13-1-7-17-14(11-13)12-28(22(17)32)18-8-10-20(30)27-21(18)31/h1,3-7,11,18H,2,8-10,12H2,(H,27,30,31)/i2D2,10D. The van der Waals surface area contributed by atoms with E-state index in [2.05, 4.69) is 5.32 Å². The van der Waals surface area contributed by atoms with Gasteiger partial charge in [0.15, 0.2) is 0 Å². The molecule has 4 rings (SSSR count). The molecule has 1 fully saturated rings. The van der Waals surface area contributed by atoms with Crippen LogP contribution >= 0.6 is 11.6 Å². The highest BCUT2D eigenvalue weighted by Crippen LogP contribution is 2.32. The topological polar surface area (TPSA) is 83.6 Å². The summed E-state index contributed by atoms with van der Waals surface area (Å²) in [5.41, 5.74) is -0.143. The minimum atomic E-state index is -3.93. The molecule has 2 heterocycles. The van der Waals surface area contributed by atoms with E-state index in [1.807, 2.05) is 0 Å². The third-order valence-corrected chi connectivity index (χ3v) is 5.65. The van der Waals surface area contributed by atoms with Crippen molar-refractivity contribution in [3.63, 3.8) is 0 Å². The summed E-state index contributed by atoms with van der Waals surface area (Å²) in [7, 11) is 0. The Labute approximate surface area is 191 Å². The predicted molar refractivity (Wildman–Crippen MR) is 111 cm³/mol. The molecule has 0 spiro atoms. The second kappa shape index (κ2) is 8.43. The molecule has 9 heteroatoms. The van der Waals surface area contributed by atoms with Crippen LogP contribution in [0.5, 0.6) is 0 Å². The van der Waals surface area contributed by atoms with Crippen LogP contribution in [0.2, 0.25) is 5.02 Å². The monoisotopic (exact) mass is 463 g/mol. The van der Waals surface area contributed by atoms with E-state index in [0.717, 1.165) is 12.1 Å². The number of nitrogens with zero attached hydrogens (tertiary/aromatic N) is 1. The first-order chi connectivity index (χ1) is 16.3. The molecule has 32 heavy (non-hydrogen) atoms. The second-order valence-electron chi connectivity index (χ2n) is 7.47. The molecule has 0 saturated carbocycles. The van der Waals surface area contributed by atoms with Crippen LogP contribution in [0.1, 0.15) is 50.4 Å². The maximum Gasteiger partial charge on any atom is 0.330 e. The molecule has 6 nitrogen and oxygen atoms in total. The molecule has 0 radical (unpaired) electrons. The number of carbonyl (C=O) groups is 4. The molecule has 0 aliphatic carbocycles. The minimum absolute atomic E-state index is 0.0761. The van der Waals surface area contributed by atoms with Crippen LogP contribution < -0.4 is 5.32 Å². The van der Waals surface area contributed by atoms with Gasteiger partial charge in [0.2, 0.25) is 17.6 Å². The molecule has 2 unspecified atom stereocenters. The molecule has 2 aromatic rings. The van der Waals surface area contributed by atoms with Crippen molar-refractivity contribution in [3.05, 3.63) is 69.7 Å². The lowest BCUT2D eigenvalue weighted by Gasteiger charge is -2.29. The van der Waals surface area contributed by atoms with Crippen molar-refractivity contribution in [3.8, 4) is 0 Å². The number of benzene rings is 2. The van der Waals surface area contributed by atoms with Crippen molar-refractivity contribution in [2.24, 2.45) is 0 Å². The van der Waals surface area contributed by atoms with E-state index in [4.69, 9.17) is 15.7 Å². The van der Waals surface area contributed by atoms with Crippen molar-refractivity contribution < 1.29 is 32.1 Å². The summed E-state index contributed by atoms with van der Waals surface area (Å²) in [4.78, 5) is 50.2. The van der Waals surface area contributed by atoms with Crippen molar-refractivity contribution in [1.29, 1.82) is 0 Å². The molecule has 1 saturated heterocycles. The largest absolute Gasteiger partial charge is 0.330 e. The average molecular weight is 464 g/mol. The maximum absolute atomic E-state index is 14.7. The minimum Gasteiger partial charge on any atom is -0.322 e. The van der Waals surface area contributed by atoms with Gasteiger partial charge in [0.1, 0.15) is 6.04 Å². The van der Waals surface area contributed by atoms with Gasteiger partial charge in [-0.1, -0.05) is 35.9 Å². The molecule has 2 aliphatic rings. The third kappa shape index (κ3) is 4.14. The third-order valence-electron chi connectivity index (χ3n) is 5.40. The lowest BCUT2D eigenvalue weighted by Crippen LogP contribution is -2.52. The first-order valence-corrected chi connectivity index (χ1v) is 10.1. The molecule has 166 valence electrons. The van der Waals surface area contributed by atoms with Gasteiger partial charge >= 0.3 is 5.92 Å². The number of piperidine rings is 1. The van der Waals surface area contributed by atoms with E-state index in [1.165, 1.54) is 35.2 Å². The zero-order chi connectivity index (χ0) is 25.7. The number of imide groups is 1. The number of Topliss-reactive ketones (excluding diaryl/α,β-unsaturated/α-hetero) is 1. The molecule has 2 aromatic carbocycles. The fraction of sp³-hybridized carbons (Fsp3) is 0.304. The first-order valence-electron chi connectivity index (χ1n) is 11.3. The maximum atomic E-state index is 14.7. The average Bonchev–Trinajstić information content (AvgIpc) is 3.12. The van der Waals surface area contributed by atoms with Crippen LogP contribution in [-0.2, 0) is 33.2 Å². The van der Waals surface area contributed by atoms with Crippen LogP contribution in [0, 0.1) is 0 Å². The van der Waals surface area contributed by atoms with Gasteiger partial charge in [-0.3, -0.25) is 24.5 Å². The van der Waals surface area contributed by atoms with Crippen LogP contribution in [0.25, 0.3) is 0 Å². The molecular weight excluding hydrogens is 442 g/mol. The Morgan fingerprint density at radius 3 is 2.66 bits per heavy atom. The van der Waals surface area contributed by atoms with Gasteiger partial charge in [-0.25, -0.2) is 0 Å². The van der Waals surface area contributed by atoms with Crippen LogP contribution in [-0.4, -0.2) is 34.4 Å². The fourth-order valence-corrected chi connectivity index (χ4v) is 3.79. The Morgan fingerprint density at radius 1 is 1.22 bits per heavy atom. The summed E-state index contributed by atoms with van der Waals surface area (Å²) < 4.78 is 53.6. The Morgan fingerprint density at radius 2 is 1.94 bits per heavy atom. The Bertz CT molecular complexity index is 1240. The zero-order valence-electron chi connectivity index (χ0n) is 19.5. The molecule has 2 aliphatic heterocycles. The molecule has 2 atom stereocenters. The van der Waals surface area contributed by atoms with Gasteiger partial charge in [0.25, 0.3) is 5.91 Å². The molecule has 1 N–H and O–H groups in total. The number of carbonyl (C=O) groups excluding carboxylic acids is 4. The lowest BCUT2D eigenvalue weighted by molar-refractivity contribution is -0.144. The van der Waals surface area contributed by atoms with Gasteiger partial charge in [-0.05, 0) is 42.1 Å². The number of rotatable bonds is 6. The van der Waals surface area contributed by atoms with Crippen LogP contribution in [0.4, 0.5) is 8.78 Å². The van der Waals surface area contributed by atoms with E-state index in [-0.39, 0.29) is 29.1 Å². The smallest absolute Gasteiger partial charge is 0.322 e. The Hall–Kier alpha value is -3.13. The van der Waals surface area contributed by atoms with Gasteiger partial charge in [0.05, 0.1) is 0 Å². The normalized spacial score (nSPS) is 22.7. The van der Waals surface area contributed by atoms with Crippen molar-refractivity contribution in [2.45, 2.75) is 44.1 Å². The molecule has 0 bridgehead atoms.